The van der Waals surface area contributed by atoms with Gasteiger partial charge in [-0.25, -0.2) is 4.79 Å². The highest BCUT2D eigenvalue weighted by Gasteiger charge is 2.14. The monoisotopic (exact) mass is 382 g/mol. The first-order chi connectivity index (χ1) is 13.7. The van der Waals surface area contributed by atoms with Crippen LogP contribution in [0.15, 0.2) is 48.8 Å². The largest absolute Gasteiger partial charge is 0.489 e. The van der Waals surface area contributed by atoms with Crippen molar-refractivity contribution in [2.24, 2.45) is 0 Å². The van der Waals surface area contributed by atoms with Crippen LogP contribution in [0.1, 0.15) is 31.7 Å². The zero-order valence-corrected chi connectivity index (χ0v) is 16.6. The van der Waals surface area contributed by atoms with Gasteiger partial charge in [0.15, 0.2) is 0 Å². The third kappa shape index (κ3) is 6.23. The van der Waals surface area contributed by atoms with E-state index in [0.717, 1.165) is 36.5 Å². The van der Waals surface area contributed by atoms with Gasteiger partial charge >= 0.3 is 6.03 Å². The Bertz CT molecular complexity index is 732. The van der Waals surface area contributed by atoms with Crippen molar-refractivity contribution in [3.8, 4) is 5.75 Å². The van der Waals surface area contributed by atoms with Crippen LogP contribution in [0.5, 0.6) is 5.75 Å². The number of pyridine rings is 1. The standard InChI is InChI=1S/C22H30N4O2/c1-2-26(15-7-14-25-12-3-4-13-25)22(27)24-20-9-5-10-21(16-20)28-18-19-8-6-11-23-17-19/h5-6,8-11,16-17H,2-4,7,12-15,18H2,1H3,(H,24,27). The van der Waals surface area contributed by atoms with Crippen LogP contribution in [0.2, 0.25) is 0 Å². The molecule has 1 aromatic heterocycles. The summed E-state index contributed by atoms with van der Waals surface area (Å²) in [6, 6.07) is 11.3. The van der Waals surface area contributed by atoms with E-state index >= 15 is 0 Å². The van der Waals surface area contributed by atoms with E-state index in [-0.39, 0.29) is 6.03 Å². The number of benzene rings is 1. The summed E-state index contributed by atoms with van der Waals surface area (Å²) in [4.78, 5) is 21.0. The highest BCUT2D eigenvalue weighted by Crippen LogP contribution is 2.19. The molecule has 1 aromatic carbocycles. The Hall–Kier alpha value is -2.60. The maximum Gasteiger partial charge on any atom is 0.321 e. The molecule has 0 unspecified atom stereocenters. The molecule has 6 nitrogen and oxygen atoms in total. The van der Waals surface area contributed by atoms with E-state index in [9.17, 15) is 4.79 Å². The maximum absolute atomic E-state index is 12.6. The molecule has 1 aliphatic heterocycles. The van der Waals surface area contributed by atoms with Gasteiger partial charge in [0.05, 0.1) is 0 Å². The van der Waals surface area contributed by atoms with Crippen LogP contribution in [-0.2, 0) is 6.61 Å². The summed E-state index contributed by atoms with van der Waals surface area (Å²) in [5, 5.41) is 2.99. The lowest BCUT2D eigenvalue weighted by Crippen LogP contribution is -2.37. The van der Waals surface area contributed by atoms with E-state index in [4.69, 9.17) is 4.74 Å². The number of carbonyl (C=O) groups is 1. The number of hydrogen-bond acceptors (Lipinski definition) is 4. The number of aromatic nitrogens is 1. The number of urea groups is 1. The number of ether oxygens (including phenoxy) is 1. The van der Waals surface area contributed by atoms with Crippen LogP contribution in [0.4, 0.5) is 10.5 Å². The molecular formula is C22H30N4O2. The van der Waals surface area contributed by atoms with Gasteiger partial charge in [-0.2, -0.15) is 0 Å². The molecule has 0 radical (unpaired) electrons. The van der Waals surface area contributed by atoms with Gasteiger partial charge in [0.25, 0.3) is 0 Å². The number of likely N-dealkylation sites (tertiary alicyclic amines) is 1. The van der Waals surface area contributed by atoms with Crippen molar-refractivity contribution >= 4 is 11.7 Å². The number of nitrogens with zero attached hydrogens (tertiary/aromatic N) is 3. The quantitative estimate of drug-likeness (QED) is 0.712. The highest BCUT2D eigenvalue weighted by atomic mass is 16.5. The molecule has 0 aliphatic carbocycles. The Balaban J connectivity index is 1.47. The Kier molecular flexibility index (Phi) is 7.67. The van der Waals surface area contributed by atoms with E-state index in [2.05, 4.69) is 15.2 Å². The number of hydrogen-bond donors (Lipinski definition) is 1. The summed E-state index contributed by atoms with van der Waals surface area (Å²) < 4.78 is 5.81. The molecule has 28 heavy (non-hydrogen) atoms. The number of nitrogens with one attached hydrogen (secondary N) is 1. The number of rotatable bonds is 9. The minimum atomic E-state index is -0.0617. The molecule has 0 spiro atoms. The molecule has 1 fully saturated rings. The van der Waals surface area contributed by atoms with Gasteiger partial charge in [-0.05, 0) is 64.0 Å². The van der Waals surface area contributed by atoms with E-state index in [1.165, 1.54) is 25.9 Å². The number of anilines is 1. The maximum atomic E-state index is 12.6. The molecule has 3 rings (SSSR count). The second-order valence-electron chi connectivity index (χ2n) is 7.09. The average Bonchev–Trinajstić information content (AvgIpc) is 3.24. The summed E-state index contributed by atoms with van der Waals surface area (Å²) >= 11 is 0. The lowest BCUT2D eigenvalue weighted by molar-refractivity contribution is 0.210. The Morgan fingerprint density at radius 1 is 1.25 bits per heavy atom. The van der Waals surface area contributed by atoms with Crippen molar-refractivity contribution in [2.75, 3.05) is 38.0 Å². The number of carbonyl (C=O) groups excluding carboxylic acids is 1. The van der Waals surface area contributed by atoms with Gasteiger partial charge in [-0.15, -0.1) is 0 Å². The Morgan fingerprint density at radius 3 is 2.86 bits per heavy atom. The van der Waals surface area contributed by atoms with Crippen LogP contribution in [0.25, 0.3) is 0 Å². The van der Waals surface area contributed by atoms with Gasteiger partial charge in [0.1, 0.15) is 12.4 Å². The van der Waals surface area contributed by atoms with Crippen molar-refractivity contribution in [1.82, 2.24) is 14.8 Å². The fraction of sp³-hybridized carbons (Fsp3) is 0.455. The van der Waals surface area contributed by atoms with E-state index < -0.39 is 0 Å². The van der Waals surface area contributed by atoms with Gasteiger partial charge < -0.3 is 19.9 Å². The third-order valence-electron chi connectivity index (χ3n) is 4.98. The lowest BCUT2D eigenvalue weighted by Gasteiger charge is -2.23. The lowest BCUT2D eigenvalue weighted by atomic mass is 10.3. The topological polar surface area (TPSA) is 57.7 Å². The smallest absolute Gasteiger partial charge is 0.321 e. The molecule has 0 bridgehead atoms. The molecule has 0 atom stereocenters. The third-order valence-corrected chi connectivity index (χ3v) is 4.98. The molecule has 150 valence electrons. The van der Waals surface area contributed by atoms with Crippen LogP contribution >= 0.6 is 0 Å². The van der Waals surface area contributed by atoms with Crippen LogP contribution in [-0.4, -0.2) is 53.5 Å². The second-order valence-corrected chi connectivity index (χ2v) is 7.09. The fourth-order valence-corrected chi connectivity index (χ4v) is 3.41. The van der Waals surface area contributed by atoms with Crippen LogP contribution < -0.4 is 10.1 Å². The van der Waals surface area contributed by atoms with Gasteiger partial charge in [0.2, 0.25) is 0 Å². The molecule has 1 N–H and O–H groups in total. The summed E-state index contributed by atoms with van der Waals surface area (Å²) in [6.45, 7) is 7.40. The second kappa shape index (κ2) is 10.7. The number of amides is 2. The first kappa shape index (κ1) is 20.1. The first-order valence-corrected chi connectivity index (χ1v) is 10.1. The summed E-state index contributed by atoms with van der Waals surface area (Å²) in [5.74, 6) is 0.721. The average molecular weight is 383 g/mol. The fourth-order valence-electron chi connectivity index (χ4n) is 3.41. The predicted octanol–water partition coefficient (Wildman–Crippen LogP) is 4.00. The van der Waals surface area contributed by atoms with E-state index in [0.29, 0.717) is 13.2 Å². The minimum Gasteiger partial charge on any atom is -0.489 e. The van der Waals surface area contributed by atoms with E-state index in [1.54, 1.807) is 12.4 Å². The Morgan fingerprint density at radius 2 is 2.11 bits per heavy atom. The molecule has 2 aromatic rings. The zero-order valence-electron chi connectivity index (χ0n) is 16.6. The summed E-state index contributed by atoms with van der Waals surface area (Å²) in [5.41, 5.74) is 1.75. The molecule has 1 saturated heterocycles. The molecule has 2 amide bonds. The van der Waals surface area contributed by atoms with Gasteiger partial charge in [-0.1, -0.05) is 12.1 Å². The normalized spacial score (nSPS) is 14.0. The van der Waals surface area contributed by atoms with Crippen molar-refractivity contribution < 1.29 is 9.53 Å². The molecular weight excluding hydrogens is 352 g/mol. The van der Waals surface area contributed by atoms with Crippen LogP contribution in [0, 0.1) is 0 Å². The van der Waals surface area contributed by atoms with Crippen molar-refractivity contribution in [2.45, 2.75) is 32.8 Å². The highest BCUT2D eigenvalue weighted by molar-refractivity contribution is 5.89. The van der Waals surface area contributed by atoms with Crippen molar-refractivity contribution in [3.63, 3.8) is 0 Å². The predicted molar refractivity (Wildman–Crippen MR) is 112 cm³/mol. The Labute approximate surface area is 167 Å². The van der Waals surface area contributed by atoms with Gasteiger partial charge in [0, 0.05) is 42.8 Å². The molecule has 0 saturated carbocycles. The minimum absolute atomic E-state index is 0.0617. The van der Waals surface area contributed by atoms with Crippen LogP contribution in [0.3, 0.4) is 0 Å². The SMILES string of the molecule is CCN(CCCN1CCCC1)C(=O)Nc1cccc(OCc2cccnc2)c1. The van der Waals surface area contributed by atoms with Crippen molar-refractivity contribution in [3.05, 3.63) is 54.4 Å². The molecule has 2 heterocycles. The summed E-state index contributed by atoms with van der Waals surface area (Å²) in [7, 11) is 0. The van der Waals surface area contributed by atoms with E-state index in [1.807, 2.05) is 48.2 Å². The first-order valence-electron chi connectivity index (χ1n) is 10.1. The van der Waals surface area contributed by atoms with Crippen molar-refractivity contribution in [1.29, 1.82) is 0 Å². The zero-order chi connectivity index (χ0) is 19.6. The summed E-state index contributed by atoms with van der Waals surface area (Å²) in [6.07, 6.45) is 7.14. The molecule has 6 heteroatoms. The van der Waals surface area contributed by atoms with Gasteiger partial charge in [-0.3, -0.25) is 4.98 Å². The molecule has 1 aliphatic rings.